The molecule has 0 atom stereocenters. The van der Waals surface area contributed by atoms with Crippen molar-refractivity contribution in [2.24, 2.45) is 12.0 Å². The van der Waals surface area contributed by atoms with Gasteiger partial charge in [-0.1, -0.05) is 23.8 Å². The number of halogens is 1. The summed E-state index contributed by atoms with van der Waals surface area (Å²) in [6.45, 7) is 8.81. The number of hydrogen-bond acceptors (Lipinski definition) is 2. The van der Waals surface area contributed by atoms with E-state index < -0.39 is 0 Å². The first-order valence-electron chi connectivity index (χ1n) is 8.64. The zero-order valence-corrected chi connectivity index (χ0v) is 18.0. The molecule has 0 fully saturated rings. The van der Waals surface area contributed by atoms with Gasteiger partial charge in [0, 0.05) is 26.3 Å². The van der Waals surface area contributed by atoms with Crippen LogP contribution in [0.15, 0.2) is 35.6 Å². The molecular formula is C19H30IN5. The second kappa shape index (κ2) is 11.1. The molecule has 0 bridgehead atoms. The highest BCUT2D eigenvalue weighted by atomic mass is 127. The average molecular weight is 455 g/mol. The highest BCUT2D eigenvalue weighted by Gasteiger charge is 2.01. The molecule has 2 aromatic rings. The third kappa shape index (κ3) is 7.46. The number of aliphatic imine (C=N–C) groups is 1. The number of benzene rings is 1. The molecule has 0 aliphatic carbocycles. The van der Waals surface area contributed by atoms with Crippen LogP contribution in [0.4, 0.5) is 0 Å². The Morgan fingerprint density at radius 1 is 1.24 bits per heavy atom. The maximum atomic E-state index is 4.70. The van der Waals surface area contributed by atoms with E-state index in [9.17, 15) is 0 Å². The van der Waals surface area contributed by atoms with Crippen LogP contribution < -0.4 is 10.6 Å². The number of nitrogens with one attached hydrogen (secondary N) is 2. The van der Waals surface area contributed by atoms with Crippen LogP contribution in [0.1, 0.15) is 35.6 Å². The average Bonchev–Trinajstić information content (AvgIpc) is 2.96. The van der Waals surface area contributed by atoms with E-state index in [4.69, 9.17) is 4.99 Å². The topological polar surface area (TPSA) is 54.2 Å². The van der Waals surface area contributed by atoms with Gasteiger partial charge in [-0.15, -0.1) is 24.0 Å². The van der Waals surface area contributed by atoms with Gasteiger partial charge in [0.2, 0.25) is 0 Å². The molecule has 0 aliphatic rings. The van der Waals surface area contributed by atoms with Gasteiger partial charge in [0.05, 0.1) is 12.7 Å². The first-order valence-corrected chi connectivity index (χ1v) is 8.64. The van der Waals surface area contributed by atoms with Crippen LogP contribution in [0.3, 0.4) is 0 Å². The number of aryl methyl sites for hydroxylation is 4. The molecule has 0 saturated heterocycles. The van der Waals surface area contributed by atoms with Crippen LogP contribution in [0.25, 0.3) is 0 Å². The van der Waals surface area contributed by atoms with Gasteiger partial charge in [0.15, 0.2) is 5.96 Å². The molecule has 1 heterocycles. The predicted octanol–water partition coefficient (Wildman–Crippen LogP) is 3.34. The smallest absolute Gasteiger partial charge is 0.191 e. The molecule has 25 heavy (non-hydrogen) atoms. The van der Waals surface area contributed by atoms with Crippen molar-refractivity contribution in [2.45, 2.75) is 40.2 Å². The molecule has 2 N–H and O–H groups in total. The Hall–Kier alpha value is -1.57. The monoisotopic (exact) mass is 455 g/mol. The lowest BCUT2D eigenvalue weighted by Crippen LogP contribution is -2.37. The van der Waals surface area contributed by atoms with E-state index >= 15 is 0 Å². The molecule has 138 valence electrons. The molecule has 2 rings (SSSR count). The molecule has 1 aromatic carbocycles. The molecular weight excluding hydrogens is 425 g/mol. The minimum absolute atomic E-state index is 0. The molecule has 0 radical (unpaired) electrons. The molecule has 5 nitrogen and oxygen atoms in total. The van der Waals surface area contributed by atoms with Crippen molar-refractivity contribution in [1.82, 2.24) is 20.4 Å². The van der Waals surface area contributed by atoms with Gasteiger partial charge in [-0.25, -0.2) is 4.99 Å². The number of aromatic nitrogens is 2. The fourth-order valence-corrected chi connectivity index (χ4v) is 2.63. The van der Waals surface area contributed by atoms with Gasteiger partial charge >= 0.3 is 0 Å². The maximum absolute atomic E-state index is 4.70. The third-order valence-corrected chi connectivity index (χ3v) is 3.94. The maximum Gasteiger partial charge on any atom is 0.191 e. The molecule has 0 spiro atoms. The summed E-state index contributed by atoms with van der Waals surface area (Å²) in [6.07, 6.45) is 6.08. The minimum atomic E-state index is 0. The van der Waals surface area contributed by atoms with Gasteiger partial charge in [0.1, 0.15) is 0 Å². The zero-order chi connectivity index (χ0) is 17.4. The quantitative estimate of drug-likeness (QED) is 0.292. The van der Waals surface area contributed by atoms with Gasteiger partial charge in [-0.05, 0) is 50.3 Å². The zero-order valence-electron chi connectivity index (χ0n) is 15.7. The van der Waals surface area contributed by atoms with Crippen LogP contribution in [0.2, 0.25) is 0 Å². The van der Waals surface area contributed by atoms with Gasteiger partial charge in [0.25, 0.3) is 0 Å². The van der Waals surface area contributed by atoms with E-state index in [0.29, 0.717) is 6.54 Å². The van der Waals surface area contributed by atoms with Crippen LogP contribution in [0.5, 0.6) is 0 Å². The van der Waals surface area contributed by atoms with Crippen LogP contribution in [-0.4, -0.2) is 28.8 Å². The SMILES string of the molecule is CCNC(=NCc1ccc(C)cc1C)NCCCc1cnn(C)c1.I. The first kappa shape index (κ1) is 21.5. The van der Waals surface area contributed by atoms with E-state index in [-0.39, 0.29) is 24.0 Å². The summed E-state index contributed by atoms with van der Waals surface area (Å²) in [5.41, 5.74) is 5.14. The van der Waals surface area contributed by atoms with Crippen molar-refractivity contribution in [3.8, 4) is 0 Å². The normalized spacial score (nSPS) is 11.1. The molecule has 6 heteroatoms. The van der Waals surface area contributed by atoms with Crippen molar-refractivity contribution >= 4 is 29.9 Å². The number of hydrogen-bond donors (Lipinski definition) is 2. The lowest BCUT2D eigenvalue weighted by Gasteiger charge is -2.12. The summed E-state index contributed by atoms with van der Waals surface area (Å²) in [4.78, 5) is 4.70. The Labute approximate surface area is 168 Å². The van der Waals surface area contributed by atoms with Gasteiger partial charge in [-0.3, -0.25) is 4.68 Å². The number of guanidine groups is 1. The minimum Gasteiger partial charge on any atom is -0.357 e. The largest absolute Gasteiger partial charge is 0.357 e. The highest BCUT2D eigenvalue weighted by molar-refractivity contribution is 14.0. The Bertz CT molecular complexity index is 678. The number of rotatable bonds is 7. The molecule has 1 aromatic heterocycles. The van der Waals surface area contributed by atoms with E-state index in [1.54, 1.807) is 0 Å². The van der Waals surface area contributed by atoms with Gasteiger partial charge in [-0.2, -0.15) is 5.10 Å². The first-order chi connectivity index (χ1) is 11.6. The van der Waals surface area contributed by atoms with Crippen molar-refractivity contribution < 1.29 is 0 Å². The summed E-state index contributed by atoms with van der Waals surface area (Å²) in [5.74, 6) is 0.878. The predicted molar refractivity (Wildman–Crippen MR) is 116 cm³/mol. The van der Waals surface area contributed by atoms with Crippen molar-refractivity contribution in [1.29, 1.82) is 0 Å². The van der Waals surface area contributed by atoms with Crippen LogP contribution >= 0.6 is 24.0 Å². The van der Waals surface area contributed by atoms with Crippen molar-refractivity contribution in [3.05, 3.63) is 52.8 Å². The van der Waals surface area contributed by atoms with E-state index in [0.717, 1.165) is 31.9 Å². The van der Waals surface area contributed by atoms with E-state index in [2.05, 4.69) is 60.9 Å². The van der Waals surface area contributed by atoms with Gasteiger partial charge < -0.3 is 10.6 Å². The van der Waals surface area contributed by atoms with E-state index in [1.165, 1.54) is 22.3 Å². The lowest BCUT2D eigenvalue weighted by atomic mass is 10.1. The summed E-state index contributed by atoms with van der Waals surface area (Å²) in [6, 6.07) is 6.52. The summed E-state index contributed by atoms with van der Waals surface area (Å²) < 4.78 is 1.85. The fraction of sp³-hybridized carbons (Fsp3) is 0.474. The van der Waals surface area contributed by atoms with Crippen LogP contribution in [-0.2, 0) is 20.0 Å². The Morgan fingerprint density at radius 3 is 2.68 bits per heavy atom. The summed E-state index contributed by atoms with van der Waals surface area (Å²) in [5, 5.41) is 10.9. The Balaban J connectivity index is 0.00000312. The summed E-state index contributed by atoms with van der Waals surface area (Å²) in [7, 11) is 1.95. The highest BCUT2D eigenvalue weighted by Crippen LogP contribution is 2.11. The van der Waals surface area contributed by atoms with E-state index in [1.807, 2.05) is 17.9 Å². The Kier molecular flexibility index (Phi) is 9.55. The fourth-order valence-electron chi connectivity index (χ4n) is 2.63. The van der Waals surface area contributed by atoms with Crippen molar-refractivity contribution in [3.63, 3.8) is 0 Å². The standard InChI is InChI=1S/C19H29N5.HI/c1-5-20-19(21-10-6-7-17-12-23-24(4)14-17)22-13-18-9-8-15(2)11-16(18)3;/h8-9,11-12,14H,5-7,10,13H2,1-4H3,(H2,20,21,22);1H. The van der Waals surface area contributed by atoms with Crippen LogP contribution in [0, 0.1) is 13.8 Å². The second-order valence-electron chi connectivity index (χ2n) is 6.18. The van der Waals surface area contributed by atoms with Crippen molar-refractivity contribution in [2.75, 3.05) is 13.1 Å². The molecule has 0 aliphatic heterocycles. The Morgan fingerprint density at radius 2 is 2.04 bits per heavy atom. The second-order valence-corrected chi connectivity index (χ2v) is 6.18. The molecule has 0 amide bonds. The molecule has 0 unspecified atom stereocenters. The lowest BCUT2D eigenvalue weighted by molar-refractivity contribution is 0.740. The summed E-state index contributed by atoms with van der Waals surface area (Å²) >= 11 is 0. The third-order valence-electron chi connectivity index (χ3n) is 3.94. The number of nitrogens with zero attached hydrogens (tertiary/aromatic N) is 3. The molecule has 0 saturated carbocycles.